The van der Waals surface area contributed by atoms with E-state index < -0.39 is 0 Å². The molecule has 2 N–H and O–H groups in total. The maximum atomic E-state index is 6.10. The number of nitrogens with two attached hydrogens (primary N) is 1. The van der Waals surface area contributed by atoms with Crippen molar-refractivity contribution in [3.63, 3.8) is 0 Å². The normalized spacial score (nSPS) is 30.4. The van der Waals surface area contributed by atoms with Crippen LogP contribution in [0.3, 0.4) is 0 Å². The van der Waals surface area contributed by atoms with Gasteiger partial charge < -0.3 is 10.5 Å². The van der Waals surface area contributed by atoms with Crippen LogP contribution in [0.25, 0.3) is 0 Å². The third-order valence-corrected chi connectivity index (χ3v) is 3.04. The molecule has 2 heteroatoms. The van der Waals surface area contributed by atoms with Crippen LogP contribution in [0.15, 0.2) is 12.2 Å². The summed E-state index contributed by atoms with van der Waals surface area (Å²) in [5, 5.41) is 0. The molecule has 1 aliphatic rings. The fourth-order valence-corrected chi connectivity index (χ4v) is 1.76. The van der Waals surface area contributed by atoms with Gasteiger partial charge in [-0.1, -0.05) is 19.1 Å². The number of hydrogen-bond acceptors (Lipinski definition) is 2. The Morgan fingerprint density at radius 3 is 2.85 bits per heavy atom. The van der Waals surface area contributed by atoms with E-state index in [-0.39, 0.29) is 11.6 Å². The minimum atomic E-state index is -0.0991. The zero-order chi connectivity index (χ0) is 9.90. The van der Waals surface area contributed by atoms with Gasteiger partial charge in [-0.2, -0.15) is 0 Å². The molecule has 0 aromatic carbocycles. The highest BCUT2D eigenvalue weighted by molar-refractivity contribution is 5.02. The molecule has 0 aromatic rings. The number of ether oxygens (including phenoxy) is 1. The third kappa shape index (κ3) is 2.55. The molecule has 2 nitrogen and oxygen atoms in total. The summed E-state index contributed by atoms with van der Waals surface area (Å²) in [4.78, 5) is 0. The van der Waals surface area contributed by atoms with Gasteiger partial charge in [0.2, 0.25) is 0 Å². The summed E-state index contributed by atoms with van der Waals surface area (Å²) < 4.78 is 5.68. The number of hydrogen-bond donors (Lipinski definition) is 1. The third-order valence-electron chi connectivity index (χ3n) is 3.04. The molecule has 1 heterocycles. The van der Waals surface area contributed by atoms with E-state index in [1.807, 2.05) is 0 Å². The Morgan fingerprint density at radius 1 is 1.69 bits per heavy atom. The van der Waals surface area contributed by atoms with E-state index in [2.05, 4.69) is 20.4 Å². The van der Waals surface area contributed by atoms with E-state index in [1.54, 1.807) is 0 Å². The maximum Gasteiger partial charge on any atom is 0.0808 e. The standard InChI is InChI=1S/C11H21NO/c1-4-9(2)8-10(12)11(3)6-5-7-13-11/h10H,2,4-8,12H2,1,3H3. The Labute approximate surface area is 81.1 Å². The van der Waals surface area contributed by atoms with Crippen molar-refractivity contribution >= 4 is 0 Å². The zero-order valence-corrected chi connectivity index (χ0v) is 8.81. The molecule has 0 spiro atoms. The van der Waals surface area contributed by atoms with Crippen LogP contribution < -0.4 is 5.73 Å². The minimum Gasteiger partial charge on any atom is -0.374 e. The summed E-state index contributed by atoms with van der Waals surface area (Å²) in [5.41, 5.74) is 7.23. The molecule has 0 aromatic heterocycles. The van der Waals surface area contributed by atoms with Crippen molar-refractivity contribution in [3.8, 4) is 0 Å². The summed E-state index contributed by atoms with van der Waals surface area (Å²) in [6.07, 6.45) is 4.14. The van der Waals surface area contributed by atoms with E-state index >= 15 is 0 Å². The van der Waals surface area contributed by atoms with Crippen molar-refractivity contribution < 1.29 is 4.74 Å². The highest BCUT2D eigenvalue weighted by Gasteiger charge is 2.35. The lowest BCUT2D eigenvalue weighted by atomic mass is 9.89. The summed E-state index contributed by atoms with van der Waals surface area (Å²) in [7, 11) is 0. The van der Waals surface area contributed by atoms with Gasteiger partial charge in [0.05, 0.1) is 5.60 Å². The molecule has 0 saturated carbocycles. The molecule has 1 fully saturated rings. The van der Waals surface area contributed by atoms with E-state index in [1.165, 1.54) is 5.57 Å². The first-order chi connectivity index (χ1) is 6.08. The molecule has 0 radical (unpaired) electrons. The topological polar surface area (TPSA) is 35.2 Å². The Bertz CT molecular complexity index is 183. The first-order valence-electron chi connectivity index (χ1n) is 5.14. The fraction of sp³-hybridized carbons (Fsp3) is 0.818. The lowest BCUT2D eigenvalue weighted by molar-refractivity contribution is -0.000997. The predicted octanol–water partition coefficient (Wildman–Crippen LogP) is 2.24. The first-order valence-corrected chi connectivity index (χ1v) is 5.14. The van der Waals surface area contributed by atoms with Crippen molar-refractivity contribution in [1.82, 2.24) is 0 Å². The van der Waals surface area contributed by atoms with Gasteiger partial charge in [-0.25, -0.2) is 0 Å². The molecule has 1 aliphatic heterocycles. The smallest absolute Gasteiger partial charge is 0.0808 e. The Balaban J connectivity index is 2.46. The second-order valence-electron chi connectivity index (χ2n) is 4.18. The molecule has 0 aliphatic carbocycles. The number of rotatable bonds is 4. The minimum absolute atomic E-state index is 0.0991. The molecule has 13 heavy (non-hydrogen) atoms. The van der Waals surface area contributed by atoms with Gasteiger partial charge in [0.1, 0.15) is 0 Å². The second kappa shape index (κ2) is 4.25. The molecular weight excluding hydrogens is 162 g/mol. The highest BCUT2D eigenvalue weighted by Crippen LogP contribution is 2.30. The molecule has 2 unspecified atom stereocenters. The average molecular weight is 183 g/mol. The Hall–Kier alpha value is -0.340. The summed E-state index contributed by atoms with van der Waals surface area (Å²) in [6.45, 7) is 9.08. The monoisotopic (exact) mass is 183 g/mol. The average Bonchev–Trinajstić information content (AvgIpc) is 2.53. The SMILES string of the molecule is C=C(CC)CC(N)C1(C)CCCO1. The van der Waals surface area contributed by atoms with Gasteiger partial charge in [0.15, 0.2) is 0 Å². The van der Waals surface area contributed by atoms with Gasteiger partial charge in [-0.15, -0.1) is 0 Å². The molecule has 76 valence electrons. The molecule has 1 saturated heterocycles. The van der Waals surface area contributed by atoms with Crippen molar-refractivity contribution in [2.75, 3.05) is 6.61 Å². The van der Waals surface area contributed by atoms with Gasteiger partial charge in [0, 0.05) is 12.6 Å². The van der Waals surface area contributed by atoms with E-state index in [0.717, 1.165) is 32.3 Å². The molecule has 2 atom stereocenters. The predicted molar refractivity (Wildman–Crippen MR) is 55.6 cm³/mol. The lowest BCUT2D eigenvalue weighted by Gasteiger charge is -2.30. The summed E-state index contributed by atoms with van der Waals surface area (Å²) in [5.74, 6) is 0. The zero-order valence-electron chi connectivity index (χ0n) is 8.81. The lowest BCUT2D eigenvalue weighted by Crippen LogP contribution is -2.45. The van der Waals surface area contributed by atoms with Crippen LogP contribution >= 0.6 is 0 Å². The largest absolute Gasteiger partial charge is 0.374 e. The Kier molecular flexibility index (Phi) is 3.51. The van der Waals surface area contributed by atoms with Crippen LogP contribution in [0.2, 0.25) is 0 Å². The van der Waals surface area contributed by atoms with Gasteiger partial charge in [0.25, 0.3) is 0 Å². The van der Waals surface area contributed by atoms with Gasteiger partial charge >= 0.3 is 0 Å². The van der Waals surface area contributed by atoms with Crippen LogP contribution in [0.5, 0.6) is 0 Å². The molecule has 0 bridgehead atoms. The van der Waals surface area contributed by atoms with E-state index in [4.69, 9.17) is 10.5 Å². The first kappa shape index (κ1) is 10.7. The van der Waals surface area contributed by atoms with E-state index in [0.29, 0.717) is 0 Å². The fourth-order valence-electron chi connectivity index (χ4n) is 1.76. The van der Waals surface area contributed by atoms with Crippen molar-refractivity contribution in [1.29, 1.82) is 0 Å². The van der Waals surface area contributed by atoms with Gasteiger partial charge in [-0.05, 0) is 32.6 Å². The van der Waals surface area contributed by atoms with Crippen LogP contribution in [0, 0.1) is 0 Å². The van der Waals surface area contributed by atoms with Crippen LogP contribution in [0.4, 0.5) is 0 Å². The Morgan fingerprint density at radius 2 is 2.38 bits per heavy atom. The molecule has 0 amide bonds. The quantitative estimate of drug-likeness (QED) is 0.678. The van der Waals surface area contributed by atoms with Crippen molar-refractivity contribution in [2.45, 2.75) is 51.2 Å². The van der Waals surface area contributed by atoms with Crippen molar-refractivity contribution in [3.05, 3.63) is 12.2 Å². The molecule has 1 rings (SSSR count). The van der Waals surface area contributed by atoms with Crippen molar-refractivity contribution in [2.24, 2.45) is 5.73 Å². The van der Waals surface area contributed by atoms with Crippen LogP contribution in [-0.2, 0) is 4.74 Å². The van der Waals surface area contributed by atoms with E-state index in [9.17, 15) is 0 Å². The van der Waals surface area contributed by atoms with Gasteiger partial charge in [-0.3, -0.25) is 0 Å². The van der Waals surface area contributed by atoms with Crippen LogP contribution in [0.1, 0.15) is 39.5 Å². The molecular formula is C11H21NO. The second-order valence-corrected chi connectivity index (χ2v) is 4.18. The maximum absolute atomic E-state index is 6.10. The van der Waals surface area contributed by atoms with Crippen LogP contribution in [-0.4, -0.2) is 18.2 Å². The summed E-state index contributed by atoms with van der Waals surface area (Å²) >= 11 is 0. The summed E-state index contributed by atoms with van der Waals surface area (Å²) in [6, 6.07) is 0.113. The highest BCUT2D eigenvalue weighted by atomic mass is 16.5.